The van der Waals surface area contributed by atoms with Crippen LogP contribution in [0.25, 0.3) is 0 Å². The predicted octanol–water partition coefficient (Wildman–Crippen LogP) is 5.36. The molecule has 0 unspecified atom stereocenters. The minimum Gasteiger partial charge on any atom is -0.406 e. The Labute approximate surface area is 146 Å². The highest BCUT2D eigenvalue weighted by atomic mass is 35.5. The summed E-state index contributed by atoms with van der Waals surface area (Å²) in [5.74, 6) is 0.0164. The fraction of sp³-hybridized carbons (Fsp3) is 0.188. The monoisotopic (exact) mass is 375 g/mol. The van der Waals surface area contributed by atoms with Crippen LogP contribution in [0.4, 0.5) is 18.9 Å². The number of amides is 1. The summed E-state index contributed by atoms with van der Waals surface area (Å²) < 4.78 is 39.9. The van der Waals surface area contributed by atoms with Crippen LogP contribution >= 0.6 is 23.4 Å². The van der Waals surface area contributed by atoms with Gasteiger partial charge in [-0.3, -0.25) is 4.79 Å². The smallest absolute Gasteiger partial charge is 0.406 e. The number of hydrogen-bond donors (Lipinski definition) is 1. The van der Waals surface area contributed by atoms with Crippen molar-refractivity contribution in [1.29, 1.82) is 0 Å². The average molecular weight is 376 g/mol. The SMILES string of the molecule is O=C(CCSc1ccc(Cl)cc1)Nc1ccc(OC(F)(F)F)cc1. The van der Waals surface area contributed by atoms with E-state index in [1.54, 1.807) is 12.1 Å². The topological polar surface area (TPSA) is 38.3 Å². The van der Waals surface area contributed by atoms with E-state index in [2.05, 4.69) is 10.1 Å². The summed E-state index contributed by atoms with van der Waals surface area (Å²) in [5.41, 5.74) is 0.408. The maximum absolute atomic E-state index is 12.1. The van der Waals surface area contributed by atoms with Crippen molar-refractivity contribution in [1.82, 2.24) is 0 Å². The van der Waals surface area contributed by atoms with Gasteiger partial charge in [-0.1, -0.05) is 11.6 Å². The van der Waals surface area contributed by atoms with Crippen LogP contribution in [0.1, 0.15) is 6.42 Å². The van der Waals surface area contributed by atoms with E-state index in [-0.39, 0.29) is 18.1 Å². The third-order valence-electron chi connectivity index (χ3n) is 2.78. The number of ether oxygens (including phenoxy) is 1. The van der Waals surface area contributed by atoms with Gasteiger partial charge in [-0.05, 0) is 48.5 Å². The second-order valence-electron chi connectivity index (χ2n) is 4.67. The van der Waals surface area contributed by atoms with E-state index in [0.29, 0.717) is 16.5 Å². The van der Waals surface area contributed by atoms with Gasteiger partial charge in [0.2, 0.25) is 5.91 Å². The maximum atomic E-state index is 12.1. The predicted molar refractivity (Wildman–Crippen MR) is 88.5 cm³/mol. The van der Waals surface area contributed by atoms with E-state index >= 15 is 0 Å². The van der Waals surface area contributed by atoms with E-state index in [4.69, 9.17) is 11.6 Å². The minimum atomic E-state index is -4.73. The molecule has 0 atom stereocenters. The van der Waals surface area contributed by atoms with E-state index in [0.717, 1.165) is 17.0 Å². The summed E-state index contributed by atoms with van der Waals surface area (Å²) in [5, 5.41) is 3.27. The zero-order valence-corrected chi connectivity index (χ0v) is 13.8. The molecule has 0 aliphatic rings. The van der Waals surface area contributed by atoms with Crippen molar-refractivity contribution in [3.63, 3.8) is 0 Å². The molecule has 128 valence electrons. The molecule has 0 fully saturated rings. The van der Waals surface area contributed by atoms with E-state index in [1.807, 2.05) is 12.1 Å². The number of anilines is 1. The summed E-state index contributed by atoms with van der Waals surface area (Å²) in [6.45, 7) is 0. The van der Waals surface area contributed by atoms with Gasteiger partial charge in [0.15, 0.2) is 0 Å². The molecule has 2 rings (SSSR count). The summed E-state index contributed by atoms with van der Waals surface area (Å²) >= 11 is 7.30. The van der Waals surface area contributed by atoms with Crippen LogP contribution in [0.5, 0.6) is 5.75 Å². The van der Waals surface area contributed by atoms with Gasteiger partial charge in [-0.2, -0.15) is 0 Å². The number of thioether (sulfide) groups is 1. The number of alkyl halides is 3. The molecule has 0 aliphatic carbocycles. The van der Waals surface area contributed by atoms with Crippen molar-refractivity contribution in [3.05, 3.63) is 53.6 Å². The Balaban J connectivity index is 1.76. The number of rotatable bonds is 6. The summed E-state index contributed by atoms with van der Waals surface area (Å²) in [7, 11) is 0. The van der Waals surface area contributed by atoms with Gasteiger partial charge in [0.1, 0.15) is 5.75 Å². The fourth-order valence-electron chi connectivity index (χ4n) is 1.76. The molecule has 0 heterocycles. The Morgan fingerprint density at radius 1 is 1.08 bits per heavy atom. The Kier molecular flexibility index (Phi) is 6.39. The number of halogens is 4. The maximum Gasteiger partial charge on any atom is 0.573 e. The minimum absolute atomic E-state index is 0.221. The number of carbonyl (C=O) groups excluding carboxylic acids is 1. The Hall–Kier alpha value is -1.86. The molecule has 0 spiro atoms. The van der Waals surface area contributed by atoms with Crippen LogP contribution in [-0.2, 0) is 4.79 Å². The molecule has 2 aromatic rings. The molecule has 0 bridgehead atoms. The van der Waals surface area contributed by atoms with Crippen LogP contribution in [0, 0.1) is 0 Å². The Bertz CT molecular complexity index is 675. The summed E-state index contributed by atoms with van der Waals surface area (Å²) in [6, 6.07) is 12.3. The number of benzene rings is 2. The first kappa shape index (κ1) is 18.5. The second kappa shape index (κ2) is 8.30. The van der Waals surface area contributed by atoms with Gasteiger partial charge >= 0.3 is 6.36 Å². The molecule has 0 radical (unpaired) electrons. The first-order chi connectivity index (χ1) is 11.3. The van der Waals surface area contributed by atoms with Gasteiger partial charge in [0, 0.05) is 27.8 Å². The first-order valence-corrected chi connectivity index (χ1v) is 8.22. The lowest BCUT2D eigenvalue weighted by Gasteiger charge is -2.10. The first-order valence-electron chi connectivity index (χ1n) is 6.86. The molecule has 8 heteroatoms. The molecule has 0 aromatic heterocycles. The quantitative estimate of drug-likeness (QED) is 0.691. The standard InChI is InChI=1S/C16H13ClF3NO2S/c17-11-1-7-14(8-2-11)24-10-9-15(22)21-12-3-5-13(6-4-12)23-16(18,19)20/h1-8H,9-10H2,(H,21,22). The molecule has 2 aromatic carbocycles. The van der Waals surface area contributed by atoms with Gasteiger partial charge in [-0.15, -0.1) is 24.9 Å². The Morgan fingerprint density at radius 3 is 2.29 bits per heavy atom. The lowest BCUT2D eigenvalue weighted by atomic mass is 10.3. The lowest BCUT2D eigenvalue weighted by Crippen LogP contribution is -2.17. The number of carbonyl (C=O) groups is 1. The molecule has 24 heavy (non-hydrogen) atoms. The second-order valence-corrected chi connectivity index (χ2v) is 6.28. The molecule has 3 nitrogen and oxygen atoms in total. The van der Waals surface area contributed by atoms with Crippen molar-refractivity contribution in [2.24, 2.45) is 0 Å². The van der Waals surface area contributed by atoms with Gasteiger partial charge < -0.3 is 10.1 Å². The van der Waals surface area contributed by atoms with Gasteiger partial charge in [0.05, 0.1) is 0 Å². The molecule has 0 saturated heterocycles. The molecular formula is C16H13ClF3NO2S. The zero-order chi connectivity index (χ0) is 17.6. The van der Waals surface area contributed by atoms with Crippen molar-refractivity contribution >= 4 is 35.0 Å². The van der Waals surface area contributed by atoms with Crippen LogP contribution < -0.4 is 10.1 Å². The highest BCUT2D eigenvalue weighted by molar-refractivity contribution is 7.99. The molecule has 0 saturated carbocycles. The molecule has 1 N–H and O–H groups in total. The average Bonchev–Trinajstić information content (AvgIpc) is 2.50. The third kappa shape index (κ3) is 6.72. The number of hydrogen-bond acceptors (Lipinski definition) is 3. The van der Waals surface area contributed by atoms with Gasteiger partial charge in [-0.25, -0.2) is 0 Å². The third-order valence-corrected chi connectivity index (χ3v) is 4.05. The molecule has 0 aliphatic heterocycles. The fourth-order valence-corrected chi connectivity index (χ4v) is 2.73. The highest BCUT2D eigenvalue weighted by Gasteiger charge is 2.30. The van der Waals surface area contributed by atoms with E-state index in [1.165, 1.54) is 23.9 Å². The van der Waals surface area contributed by atoms with Crippen molar-refractivity contribution in [2.45, 2.75) is 17.7 Å². The molecule has 1 amide bonds. The van der Waals surface area contributed by atoms with Crippen molar-refractivity contribution in [3.8, 4) is 5.75 Å². The molecular weight excluding hydrogens is 363 g/mol. The van der Waals surface area contributed by atoms with Crippen molar-refractivity contribution < 1.29 is 22.7 Å². The summed E-state index contributed by atoms with van der Waals surface area (Å²) in [6.07, 6.45) is -4.46. The lowest BCUT2D eigenvalue weighted by molar-refractivity contribution is -0.274. The Morgan fingerprint density at radius 2 is 1.71 bits per heavy atom. The van der Waals surface area contributed by atoms with Crippen LogP contribution in [0.3, 0.4) is 0 Å². The van der Waals surface area contributed by atoms with E-state index < -0.39 is 6.36 Å². The van der Waals surface area contributed by atoms with Crippen LogP contribution in [0.2, 0.25) is 5.02 Å². The number of nitrogens with one attached hydrogen (secondary N) is 1. The van der Waals surface area contributed by atoms with Crippen LogP contribution in [0.15, 0.2) is 53.4 Å². The zero-order valence-electron chi connectivity index (χ0n) is 12.3. The van der Waals surface area contributed by atoms with Crippen LogP contribution in [-0.4, -0.2) is 18.0 Å². The largest absolute Gasteiger partial charge is 0.573 e. The van der Waals surface area contributed by atoms with Crippen molar-refractivity contribution in [2.75, 3.05) is 11.1 Å². The van der Waals surface area contributed by atoms with E-state index in [9.17, 15) is 18.0 Å². The normalized spacial score (nSPS) is 11.2. The summed E-state index contributed by atoms with van der Waals surface area (Å²) in [4.78, 5) is 12.8. The highest BCUT2D eigenvalue weighted by Crippen LogP contribution is 2.24. The van der Waals surface area contributed by atoms with Gasteiger partial charge in [0.25, 0.3) is 0 Å².